The number of hydrogen-bond donors (Lipinski definition) is 2. The smallest absolute Gasteiger partial charge is 0.390 e. The molecule has 1 rings (SSSR count). The summed E-state index contributed by atoms with van der Waals surface area (Å²) in [7, 11) is 0. The highest BCUT2D eigenvalue weighted by Crippen LogP contribution is 2.31. The van der Waals surface area contributed by atoms with E-state index >= 15 is 0 Å². The fourth-order valence-electron chi connectivity index (χ4n) is 1.16. The molecule has 0 aliphatic rings. The maximum Gasteiger partial charge on any atom is 0.417 e. The van der Waals surface area contributed by atoms with Crippen LogP contribution in [0.4, 0.5) is 13.2 Å². The van der Waals surface area contributed by atoms with Gasteiger partial charge in [-0.05, 0) is 13.0 Å². The van der Waals surface area contributed by atoms with Crippen molar-refractivity contribution in [3.05, 3.63) is 29.1 Å². The number of rotatable bonds is 2. The Balaban J connectivity index is 3.22. The second-order valence-corrected chi connectivity index (χ2v) is 3.09. The van der Waals surface area contributed by atoms with Crippen molar-refractivity contribution in [3.63, 3.8) is 0 Å². The Morgan fingerprint density at radius 2 is 2.07 bits per heavy atom. The molecule has 0 spiro atoms. The van der Waals surface area contributed by atoms with Gasteiger partial charge in [0.15, 0.2) is 0 Å². The first-order chi connectivity index (χ1) is 6.86. The third-order valence-electron chi connectivity index (χ3n) is 1.93. The zero-order chi connectivity index (χ0) is 11.6. The third-order valence-corrected chi connectivity index (χ3v) is 1.93. The summed E-state index contributed by atoms with van der Waals surface area (Å²) < 4.78 is 36.8. The van der Waals surface area contributed by atoms with Gasteiger partial charge in [0, 0.05) is 11.8 Å². The number of aromatic nitrogens is 1. The molecular weight excluding hydrogens is 211 g/mol. The highest BCUT2D eigenvalue weighted by molar-refractivity contribution is 5.28. The molecule has 84 valence electrons. The molecule has 0 saturated heterocycles. The molecule has 0 amide bonds. The van der Waals surface area contributed by atoms with Gasteiger partial charge in [0.25, 0.3) is 0 Å². The van der Waals surface area contributed by atoms with Gasteiger partial charge in [-0.3, -0.25) is 4.98 Å². The van der Waals surface area contributed by atoms with E-state index in [1.807, 2.05) is 0 Å². The summed E-state index contributed by atoms with van der Waals surface area (Å²) in [6, 6.07) is 0.795. The molecule has 15 heavy (non-hydrogen) atoms. The van der Waals surface area contributed by atoms with E-state index < -0.39 is 24.5 Å². The molecular formula is C9H10F3NO2. The Hall–Kier alpha value is -1.14. The van der Waals surface area contributed by atoms with Crippen LogP contribution < -0.4 is 0 Å². The van der Waals surface area contributed by atoms with Gasteiger partial charge in [0.1, 0.15) is 0 Å². The topological polar surface area (TPSA) is 53.4 Å². The molecule has 1 heterocycles. The van der Waals surface area contributed by atoms with Crippen LogP contribution in [0.15, 0.2) is 12.3 Å². The maximum atomic E-state index is 12.3. The monoisotopic (exact) mass is 221 g/mol. The first-order valence-electron chi connectivity index (χ1n) is 4.21. The van der Waals surface area contributed by atoms with Gasteiger partial charge in [-0.2, -0.15) is 13.2 Å². The minimum absolute atomic E-state index is 0.00711. The molecule has 6 heteroatoms. The van der Waals surface area contributed by atoms with Crippen molar-refractivity contribution in [2.45, 2.75) is 25.8 Å². The standard InChI is InChI=1S/C9H10F3NO2/c1-5(15)7-2-6(9(10,11)12)3-13-8(7)4-14/h2-3,5,14-15H,4H2,1H3. The van der Waals surface area contributed by atoms with Crippen molar-refractivity contribution in [2.24, 2.45) is 0 Å². The predicted molar refractivity (Wildman–Crippen MR) is 45.8 cm³/mol. The second-order valence-electron chi connectivity index (χ2n) is 3.09. The molecule has 1 unspecified atom stereocenters. The molecule has 2 N–H and O–H groups in total. The summed E-state index contributed by atoms with van der Waals surface area (Å²) in [6.07, 6.45) is -4.95. The van der Waals surface area contributed by atoms with Crippen LogP contribution in [0, 0.1) is 0 Å². The molecule has 1 atom stereocenters. The molecule has 0 saturated carbocycles. The van der Waals surface area contributed by atoms with Crippen molar-refractivity contribution in [1.82, 2.24) is 4.98 Å². The number of pyridine rings is 1. The van der Waals surface area contributed by atoms with E-state index in [1.165, 1.54) is 6.92 Å². The minimum atomic E-state index is -4.50. The lowest BCUT2D eigenvalue weighted by Gasteiger charge is -2.13. The summed E-state index contributed by atoms with van der Waals surface area (Å²) in [4.78, 5) is 3.45. The molecule has 0 fully saturated rings. The van der Waals surface area contributed by atoms with Crippen molar-refractivity contribution < 1.29 is 23.4 Å². The molecule has 0 bridgehead atoms. The number of hydrogen-bond acceptors (Lipinski definition) is 3. The van der Waals surface area contributed by atoms with Crippen LogP contribution in [0.25, 0.3) is 0 Å². The first-order valence-corrected chi connectivity index (χ1v) is 4.21. The van der Waals surface area contributed by atoms with Crippen molar-refractivity contribution >= 4 is 0 Å². The van der Waals surface area contributed by atoms with Gasteiger partial charge in [-0.25, -0.2) is 0 Å². The quantitative estimate of drug-likeness (QED) is 0.798. The second kappa shape index (κ2) is 4.16. The van der Waals surface area contributed by atoms with Crippen LogP contribution in [0.1, 0.15) is 29.8 Å². The SMILES string of the molecule is CC(O)c1cc(C(F)(F)F)cnc1CO. The number of aliphatic hydroxyl groups is 2. The largest absolute Gasteiger partial charge is 0.417 e. The Labute approximate surface area is 84.2 Å². The van der Waals surface area contributed by atoms with Crippen LogP contribution in [0.2, 0.25) is 0 Å². The van der Waals surface area contributed by atoms with Crippen LogP contribution in [-0.2, 0) is 12.8 Å². The highest BCUT2D eigenvalue weighted by atomic mass is 19.4. The zero-order valence-corrected chi connectivity index (χ0v) is 7.91. The van der Waals surface area contributed by atoms with E-state index in [1.54, 1.807) is 0 Å². The molecule has 0 aliphatic heterocycles. The lowest BCUT2D eigenvalue weighted by molar-refractivity contribution is -0.138. The Bertz CT molecular complexity index is 350. The molecule has 0 aliphatic carbocycles. The Kier molecular flexibility index (Phi) is 3.31. The van der Waals surface area contributed by atoms with E-state index in [9.17, 15) is 18.3 Å². The van der Waals surface area contributed by atoms with Crippen molar-refractivity contribution in [1.29, 1.82) is 0 Å². The highest BCUT2D eigenvalue weighted by Gasteiger charge is 2.32. The predicted octanol–water partition coefficient (Wildman–Crippen LogP) is 1.65. The van der Waals surface area contributed by atoms with Gasteiger partial charge < -0.3 is 10.2 Å². The fraction of sp³-hybridized carbons (Fsp3) is 0.444. The normalized spacial score (nSPS) is 14.0. The fourth-order valence-corrected chi connectivity index (χ4v) is 1.16. The van der Waals surface area contributed by atoms with Gasteiger partial charge in [0.2, 0.25) is 0 Å². The molecule has 3 nitrogen and oxygen atoms in total. The van der Waals surface area contributed by atoms with Gasteiger partial charge in [-0.15, -0.1) is 0 Å². The summed E-state index contributed by atoms with van der Waals surface area (Å²) in [5.41, 5.74) is -0.888. The van der Waals surface area contributed by atoms with Gasteiger partial charge >= 0.3 is 6.18 Å². The summed E-state index contributed by atoms with van der Waals surface area (Å²) in [6.45, 7) is 0.814. The van der Waals surface area contributed by atoms with E-state index in [0.29, 0.717) is 6.20 Å². The first kappa shape index (κ1) is 11.9. The summed E-state index contributed by atoms with van der Waals surface area (Å²) >= 11 is 0. The lowest BCUT2D eigenvalue weighted by atomic mass is 10.1. The number of halogens is 3. The minimum Gasteiger partial charge on any atom is -0.390 e. The van der Waals surface area contributed by atoms with Crippen LogP contribution in [0.3, 0.4) is 0 Å². The van der Waals surface area contributed by atoms with E-state index in [0.717, 1.165) is 6.07 Å². The van der Waals surface area contributed by atoms with E-state index in [-0.39, 0.29) is 11.3 Å². The number of alkyl halides is 3. The average Bonchev–Trinajstić information content (AvgIpc) is 2.15. The number of aliphatic hydroxyl groups excluding tert-OH is 2. The Morgan fingerprint density at radius 3 is 2.47 bits per heavy atom. The third kappa shape index (κ3) is 2.66. The van der Waals surface area contributed by atoms with Crippen LogP contribution in [0.5, 0.6) is 0 Å². The summed E-state index contributed by atoms with van der Waals surface area (Å²) in [5.74, 6) is 0. The maximum absolute atomic E-state index is 12.3. The van der Waals surface area contributed by atoms with Crippen molar-refractivity contribution in [2.75, 3.05) is 0 Å². The number of nitrogens with zero attached hydrogens (tertiary/aromatic N) is 1. The zero-order valence-electron chi connectivity index (χ0n) is 7.91. The Morgan fingerprint density at radius 1 is 1.47 bits per heavy atom. The van der Waals surface area contributed by atoms with Gasteiger partial charge in [0.05, 0.1) is 24.0 Å². The van der Waals surface area contributed by atoms with Crippen LogP contribution in [-0.4, -0.2) is 15.2 Å². The lowest BCUT2D eigenvalue weighted by Crippen LogP contribution is -2.10. The molecule has 0 aromatic carbocycles. The van der Waals surface area contributed by atoms with Gasteiger partial charge in [-0.1, -0.05) is 0 Å². The van der Waals surface area contributed by atoms with Crippen LogP contribution >= 0.6 is 0 Å². The van der Waals surface area contributed by atoms with Crippen molar-refractivity contribution in [3.8, 4) is 0 Å². The molecule has 1 aromatic rings. The molecule has 1 aromatic heterocycles. The van der Waals surface area contributed by atoms with E-state index in [4.69, 9.17) is 5.11 Å². The summed E-state index contributed by atoms with van der Waals surface area (Å²) in [5, 5.41) is 18.0. The molecule has 0 radical (unpaired) electrons. The average molecular weight is 221 g/mol. The van der Waals surface area contributed by atoms with E-state index in [2.05, 4.69) is 4.98 Å².